The molecule has 34 heavy (non-hydrogen) atoms. The topological polar surface area (TPSA) is 89.2 Å². The minimum Gasteiger partial charge on any atom is -0.454 e. The molecule has 2 aromatic rings. The Hall–Kier alpha value is -3.27. The summed E-state index contributed by atoms with van der Waals surface area (Å²) in [6, 6.07) is 7.56. The van der Waals surface area contributed by atoms with E-state index in [1.807, 2.05) is 21.9 Å². The van der Waals surface area contributed by atoms with Gasteiger partial charge in [0.05, 0.1) is 0 Å². The third-order valence-electron chi connectivity index (χ3n) is 7.20. The SMILES string of the molecule is Cn1c(N2CCC(C(=O)N3CCN(Cc4ccc5c(c4)OCO5)CC3)CC2)cc(=O)n(C)c1=O. The lowest BCUT2D eigenvalue weighted by Crippen LogP contribution is -2.51. The van der Waals surface area contributed by atoms with E-state index in [1.54, 1.807) is 7.05 Å². The van der Waals surface area contributed by atoms with Crippen LogP contribution in [0, 0.1) is 5.92 Å². The molecule has 0 radical (unpaired) electrons. The largest absolute Gasteiger partial charge is 0.454 e. The molecule has 5 rings (SSSR count). The van der Waals surface area contributed by atoms with Gasteiger partial charge in [-0.15, -0.1) is 0 Å². The molecule has 3 aliphatic heterocycles. The van der Waals surface area contributed by atoms with Gasteiger partial charge in [-0.3, -0.25) is 23.6 Å². The molecule has 1 amide bonds. The fourth-order valence-corrected chi connectivity index (χ4v) is 5.06. The second kappa shape index (κ2) is 9.17. The molecule has 10 nitrogen and oxygen atoms in total. The number of rotatable bonds is 4. The minimum absolute atomic E-state index is 0.0137. The smallest absolute Gasteiger partial charge is 0.332 e. The number of amides is 1. The van der Waals surface area contributed by atoms with Crippen molar-refractivity contribution in [3.63, 3.8) is 0 Å². The average molecular weight is 470 g/mol. The molecule has 0 aliphatic carbocycles. The predicted molar refractivity (Wildman–Crippen MR) is 126 cm³/mol. The van der Waals surface area contributed by atoms with Crippen molar-refractivity contribution in [2.24, 2.45) is 20.0 Å². The molecule has 0 bridgehead atoms. The van der Waals surface area contributed by atoms with Crippen molar-refractivity contribution in [1.82, 2.24) is 18.9 Å². The maximum Gasteiger partial charge on any atom is 0.332 e. The highest BCUT2D eigenvalue weighted by atomic mass is 16.7. The van der Waals surface area contributed by atoms with Gasteiger partial charge in [0.1, 0.15) is 5.82 Å². The maximum absolute atomic E-state index is 13.2. The van der Waals surface area contributed by atoms with E-state index < -0.39 is 0 Å². The molecular formula is C24H31N5O5. The van der Waals surface area contributed by atoms with E-state index in [2.05, 4.69) is 11.0 Å². The van der Waals surface area contributed by atoms with Gasteiger partial charge in [-0.25, -0.2) is 4.79 Å². The van der Waals surface area contributed by atoms with E-state index >= 15 is 0 Å². The zero-order valence-electron chi connectivity index (χ0n) is 19.7. The fourth-order valence-electron chi connectivity index (χ4n) is 5.06. The third-order valence-corrected chi connectivity index (χ3v) is 7.20. The summed E-state index contributed by atoms with van der Waals surface area (Å²) in [6.07, 6.45) is 1.44. The van der Waals surface area contributed by atoms with E-state index in [1.165, 1.54) is 23.2 Å². The Bertz CT molecular complexity index is 1190. The molecule has 0 spiro atoms. The highest BCUT2D eigenvalue weighted by Gasteiger charge is 2.31. The van der Waals surface area contributed by atoms with Crippen molar-refractivity contribution in [1.29, 1.82) is 0 Å². The van der Waals surface area contributed by atoms with Crippen molar-refractivity contribution in [2.45, 2.75) is 19.4 Å². The lowest BCUT2D eigenvalue weighted by atomic mass is 9.95. The number of hydrogen-bond acceptors (Lipinski definition) is 7. The van der Waals surface area contributed by atoms with Crippen molar-refractivity contribution < 1.29 is 14.3 Å². The number of carbonyl (C=O) groups is 1. The van der Waals surface area contributed by atoms with Gasteiger partial charge in [0.2, 0.25) is 12.7 Å². The Balaban J connectivity index is 1.13. The molecule has 10 heteroatoms. The van der Waals surface area contributed by atoms with Gasteiger partial charge in [-0.05, 0) is 30.5 Å². The summed E-state index contributed by atoms with van der Waals surface area (Å²) in [4.78, 5) is 43.9. The van der Waals surface area contributed by atoms with Crippen LogP contribution in [0.4, 0.5) is 5.82 Å². The monoisotopic (exact) mass is 469 g/mol. The van der Waals surface area contributed by atoms with Crippen LogP contribution >= 0.6 is 0 Å². The Morgan fingerprint density at radius 1 is 0.912 bits per heavy atom. The minimum atomic E-state index is -0.334. The number of benzene rings is 1. The number of piperidine rings is 1. The molecule has 2 fully saturated rings. The van der Waals surface area contributed by atoms with Crippen molar-refractivity contribution in [2.75, 3.05) is 51.0 Å². The van der Waals surface area contributed by atoms with Crippen LogP contribution in [0.5, 0.6) is 11.5 Å². The van der Waals surface area contributed by atoms with Gasteiger partial charge in [0.25, 0.3) is 5.56 Å². The number of aromatic nitrogens is 2. The number of fused-ring (bicyclic) bond motifs is 1. The van der Waals surface area contributed by atoms with Crippen LogP contribution in [-0.2, 0) is 25.4 Å². The first-order valence-electron chi connectivity index (χ1n) is 11.8. The normalized spacial score (nSPS) is 19.0. The molecule has 0 N–H and O–H groups in total. The van der Waals surface area contributed by atoms with Gasteiger partial charge >= 0.3 is 5.69 Å². The summed E-state index contributed by atoms with van der Waals surface area (Å²) < 4.78 is 13.5. The van der Waals surface area contributed by atoms with Crippen LogP contribution in [0.1, 0.15) is 18.4 Å². The summed E-state index contributed by atoms with van der Waals surface area (Å²) in [7, 11) is 3.16. The number of hydrogen-bond donors (Lipinski definition) is 0. The maximum atomic E-state index is 13.2. The standard InChI is InChI=1S/C24H31N5O5/c1-25-21(14-22(30)26(2)24(25)32)28-7-5-18(6-8-28)23(31)29-11-9-27(10-12-29)15-17-3-4-19-20(13-17)34-16-33-19/h3-4,13-14,18H,5-12,15-16H2,1-2H3. The second-order valence-corrected chi connectivity index (χ2v) is 9.29. The molecule has 2 saturated heterocycles. The number of piperazine rings is 1. The summed E-state index contributed by atoms with van der Waals surface area (Å²) in [5.41, 5.74) is 0.538. The quantitative estimate of drug-likeness (QED) is 0.639. The van der Waals surface area contributed by atoms with Crippen LogP contribution in [-0.4, -0.2) is 70.9 Å². The van der Waals surface area contributed by atoms with Crippen molar-refractivity contribution in [3.05, 3.63) is 50.7 Å². The second-order valence-electron chi connectivity index (χ2n) is 9.29. The van der Waals surface area contributed by atoms with Crippen LogP contribution in [0.3, 0.4) is 0 Å². The molecular weight excluding hydrogens is 438 g/mol. The molecule has 4 heterocycles. The van der Waals surface area contributed by atoms with Gasteiger partial charge < -0.3 is 19.3 Å². The first-order valence-corrected chi connectivity index (χ1v) is 11.8. The highest BCUT2D eigenvalue weighted by Crippen LogP contribution is 2.33. The average Bonchev–Trinajstić information content (AvgIpc) is 3.33. The Morgan fingerprint density at radius 2 is 1.62 bits per heavy atom. The molecule has 3 aliphatic rings. The molecule has 1 aromatic carbocycles. The fraction of sp³-hybridized carbons (Fsp3) is 0.542. The molecule has 0 unspecified atom stereocenters. The van der Waals surface area contributed by atoms with E-state index in [0.29, 0.717) is 18.9 Å². The van der Waals surface area contributed by atoms with Crippen LogP contribution in [0.15, 0.2) is 33.9 Å². The Kier molecular flexibility index (Phi) is 6.07. The Labute approximate surface area is 197 Å². The van der Waals surface area contributed by atoms with Crippen molar-refractivity contribution in [3.8, 4) is 11.5 Å². The molecule has 1 aromatic heterocycles. The Morgan fingerprint density at radius 3 is 2.35 bits per heavy atom. The number of anilines is 1. The van der Waals surface area contributed by atoms with Gasteiger partial charge in [0.15, 0.2) is 11.5 Å². The van der Waals surface area contributed by atoms with Gasteiger partial charge in [-0.2, -0.15) is 0 Å². The van der Waals surface area contributed by atoms with E-state index in [-0.39, 0.29) is 29.9 Å². The van der Waals surface area contributed by atoms with Crippen LogP contribution < -0.4 is 25.6 Å². The zero-order chi connectivity index (χ0) is 23.8. The lowest BCUT2D eigenvalue weighted by molar-refractivity contribution is -0.138. The molecule has 182 valence electrons. The van der Waals surface area contributed by atoms with Crippen molar-refractivity contribution >= 4 is 11.7 Å². The van der Waals surface area contributed by atoms with E-state index in [0.717, 1.165) is 61.6 Å². The van der Waals surface area contributed by atoms with E-state index in [4.69, 9.17) is 9.47 Å². The third kappa shape index (κ3) is 4.29. The van der Waals surface area contributed by atoms with Crippen LogP contribution in [0.2, 0.25) is 0 Å². The number of carbonyl (C=O) groups excluding carboxylic acids is 1. The lowest BCUT2D eigenvalue weighted by Gasteiger charge is -2.39. The summed E-state index contributed by atoms with van der Waals surface area (Å²) in [6.45, 7) is 5.55. The summed E-state index contributed by atoms with van der Waals surface area (Å²) >= 11 is 0. The van der Waals surface area contributed by atoms with Crippen LogP contribution in [0.25, 0.3) is 0 Å². The highest BCUT2D eigenvalue weighted by molar-refractivity contribution is 5.79. The van der Waals surface area contributed by atoms with E-state index in [9.17, 15) is 14.4 Å². The summed E-state index contributed by atoms with van der Waals surface area (Å²) in [5, 5.41) is 0. The first kappa shape index (κ1) is 22.5. The summed E-state index contributed by atoms with van der Waals surface area (Å²) in [5.74, 6) is 2.42. The molecule has 0 saturated carbocycles. The number of ether oxygens (including phenoxy) is 2. The number of nitrogens with zero attached hydrogens (tertiary/aromatic N) is 5. The predicted octanol–water partition coefficient (Wildman–Crippen LogP) is 0.374. The molecule has 0 atom stereocenters. The van der Waals surface area contributed by atoms with Gasteiger partial charge in [-0.1, -0.05) is 6.07 Å². The zero-order valence-corrected chi connectivity index (χ0v) is 19.7. The van der Waals surface area contributed by atoms with Gasteiger partial charge in [0, 0.05) is 71.9 Å². The first-order chi connectivity index (χ1) is 16.4.